The van der Waals surface area contributed by atoms with Gasteiger partial charge in [0.15, 0.2) is 5.69 Å². The summed E-state index contributed by atoms with van der Waals surface area (Å²) in [7, 11) is 0. The molecule has 1 aromatic rings. The van der Waals surface area contributed by atoms with E-state index in [2.05, 4.69) is 10.2 Å². The average Bonchev–Trinajstić information content (AvgIpc) is 2.55. The summed E-state index contributed by atoms with van der Waals surface area (Å²) < 4.78 is 73.2. The van der Waals surface area contributed by atoms with Gasteiger partial charge < -0.3 is 0 Å². The average molecular weight is 219 g/mol. The van der Waals surface area contributed by atoms with Crippen LogP contribution in [0.15, 0.2) is 6.20 Å². The lowest BCUT2D eigenvalue weighted by molar-refractivity contribution is -0.271. The molecule has 0 bridgehead atoms. The second-order valence-corrected chi connectivity index (χ2v) is 2.35. The van der Waals surface area contributed by atoms with Crippen molar-refractivity contribution in [3.63, 3.8) is 0 Å². The summed E-state index contributed by atoms with van der Waals surface area (Å²) in [4.78, 5) is 0. The predicted molar refractivity (Wildman–Crippen MR) is 31.2 cm³/mol. The molecule has 3 nitrogen and oxygen atoms in total. The Bertz CT molecular complexity index is 294. The van der Waals surface area contributed by atoms with Crippen molar-refractivity contribution in [3.05, 3.63) is 11.9 Å². The van der Waals surface area contributed by atoms with E-state index in [9.17, 15) is 26.3 Å². The van der Waals surface area contributed by atoms with Crippen LogP contribution in [0.4, 0.5) is 26.3 Å². The fraction of sp³-hybridized carbons (Fsp3) is 0.600. The third-order valence-electron chi connectivity index (χ3n) is 1.43. The van der Waals surface area contributed by atoms with Crippen LogP contribution in [0, 0.1) is 0 Å². The number of alkyl halides is 6. The SMILES string of the molecule is FC(F)C(F)(F)C(F)(F)c1cn[nH]n1. The quantitative estimate of drug-likeness (QED) is 0.787. The molecular formula is C5H3F6N3. The minimum Gasteiger partial charge on any atom is -0.203 e. The van der Waals surface area contributed by atoms with Crippen LogP contribution >= 0.6 is 0 Å². The maximum atomic E-state index is 12.7. The van der Waals surface area contributed by atoms with Crippen LogP contribution in [-0.4, -0.2) is 27.8 Å². The van der Waals surface area contributed by atoms with Gasteiger partial charge in [-0.3, -0.25) is 0 Å². The summed E-state index contributed by atoms with van der Waals surface area (Å²) in [5, 5.41) is 7.09. The standard InChI is InChI=1S/C5H3F6N3/c6-3(7)5(10,11)4(8,9)2-1-12-14-13-2/h1,3H,(H,12,13,14). The topological polar surface area (TPSA) is 41.6 Å². The lowest BCUT2D eigenvalue weighted by Gasteiger charge is -2.23. The Morgan fingerprint density at radius 3 is 2.14 bits per heavy atom. The third kappa shape index (κ3) is 1.42. The molecule has 80 valence electrons. The van der Waals surface area contributed by atoms with Gasteiger partial charge in [-0.2, -0.15) is 33.0 Å². The van der Waals surface area contributed by atoms with Crippen molar-refractivity contribution >= 4 is 0 Å². The normalized spacial score (nSPS) is 13.6. The monoisotopic (exact) mass is 219 g/mol. The lowest BCUT2D eigenvalue weighted by atomic mass is 10.1. The zero-order chi connectivity index (χ0) is 11.0. The summed E-state index contributed by atoms with van der Waals surface area (Å²) in [6.45, 7) is 0. The van der Waals surface area contributed by atoms with Crippen molar-refractivity contribution in [2.75, 3.05) is 0 Å². The van der Waals surface area contributed by atoms with Crippen LogP contribution in [-0.2, 0) is 5.92 Å². The molecule has 0 fully saturated rings. The first kappa shape index (κ1) is 10.8. The van der Waals surface area contributed by atoms with Crippen LogP contribution in [0.25, 0.3) is 0 Å². The number of H-pyrrole nitrogens is 1. The molecule has 0 aliphatic heterocycles. The summed E-state index contributed by atoms with van der Waals surface area (Å²) in [6.07, 6.45) is -4.22. The zero-order valence-corrected chi connectivity index (χ0v) is 6.32. The fourth-order valence-corrected chi connectivity index (χ4v) is 0.661. The largest absolute Gasteiger partial charge is 0.375 e. The molecule has 0 unspecified atom stereocenters. The number of aromatic nitrogens is 3. The van der Waals surface area contributed by atoms with Crippen molar-refractivity contribution in [3.8, 4) is 0 Å². The van der Waals surface area contributed by atoms with Crippen molar-refractivity contribution in [2.45, 2.75) is 18.3 Å². The lowest BCUT2D eigenvalue weighted by Crippen LogP contribution is -2.44. The van der Waals surface area contributed by atoms with Crippen LogP contribution in [0.2, 0.25) is 0 Å². The number of nitrogens with one attached hydrogen (secondary N) is 1. The maximum Gasteiger partial charge on any atom is 0.375 e. The van der Waals surface area contributed by atoms with Crippen molar-refractivity contribution in [1.29, 1.82) is 0 Å². The highest BCUT2D eigenvalue weighted by Gasteiger charge is 2.65. The van der Waals surface area contributed by atoms with Gasteiger partial charge in [-0.05, 0) is 0 Å². The van der Waals surface area contributed by atoms with Gasteiger partial charge in [-0.1, -0.05) is 0 Å². The highest BCUT2D eigenvalue weighted by molar-refractivity contribution is 5.07. The molecular weight excluding hydrogens is 216 g/mol. The number of halogens is 6. The van der Waals surface area contributed by atoms with E-state index < -0.39 is 24.0 Å². The Kier molecular flexibility index (Phi) is 2.42. The Morgan fingerprint density at radius 1 is 1.21 bits per heavy atom. The van der Waals surface area contributed by atoms with Gasteiger partial charge in [0.2, 0.25) is 0 Å². The molecule has 0 spiro atoms. The smallest absolute Gasteiger partial charge is 0.203 e. The molecule has 0 saturated carbocycles. The number of hydrogen-bond donors (Lipinski definition) is 1. The second kappa shape index (κ2) is 3.14. The van der Waals surface area contributed by atoms with E-state index in [-0.39, 0.29) is 6.20 Å². The van der Waals surface area contributed by atoms with Gasteiger partial charge in [0.25, 0.3) is 0 Å². The molecule has 1 heterocycles. The van der Waals surface area contributed by atoms with Crippen molar-refractivity contribution < 1.29 is 26.3 Å². The van der Waals surface area contributed by atoms with Gasteiger partial charge in [0.1, 0.15) is 0 Å². The van der Waals surface area contributed by atoms with Gasteiger partial charge in [-0.25, -0.2) is 8.78 Å². The molecule has 0 atom stereocenters. The predicted octanol–water partition coefficient (Wildman–Crippen LogP) is 1.80. The molecule has 0 radical (unpaired) electrons. The first-order valence-corrected chi connectivity index (χ1v) is 3.20. The van der Waals surface area contributed by atoms with Crippen LogP contribution in [0.5, 0.6) is 0 Å². The summed E-state index contributed by atoms with van der Waals surface area (Å²) in [5.74, 6) is -10.5. The molecule has 0 amide bonds. The molecule has 1 N–H and O–H groups in total. The molecule has 1 aromatic heterocycles. The van der Waals surface area contributed by atoms with Crippen LogP contribution < -0.4 is 0 Å². The minimum absolute atomic E-state index is 0.260. The minimum atomic E-state index is -5.47. The van der Waals surface area contributed by atoms with E-state index in [0.29, 0.717) is 0 Å². The molecule has 1 rings (SSSR count). The van der Waals surface area contributed by atoms with Gasteiger partial charge in [-0.15, -0.1) is 0 Å². The van der Waals surface area contributed by atoms with E-state index in [1.807, 2.05) is 0 Å². The molecule has 0 aliphatic rings. The van der Waals surface area contributed by atoms with E-state index >= 15 is 0 Å². The maximum absolute atomic E-state index is 12.7. The van der Waals surface area contributed by atoms with E-state index in [1.54, 1.807) is 5.21 Å². The first-order valence-electron chi connectivity index (χ1n) is 3.20. The van der Waals surface area contributed by atoms with Gasteiger partial charge in [0, 0.05) is 0 Å². The van der Waals surface area contributed by atoms with E-state index in [4.69, 9.17) is 0 Å². The van der Waals surface area contributed by atoms with Crippen molar-refractivity contribution in [1.82, 2.24) is 15.4 Å². The van der Waals surface area contributed by atoms with E-state index in [0.717, 1.165) is 0 Å². The molecule has 9 heteroatoms. The van der Waals surface area contributed by atoms with Crippen LogP contribution in [0.3, 0.4) is 0 Å². The molecule has 0 aliphatic carbocycles. The first-order chi connectivity index (χ1) is 6.30. The molecule has 14 heavy (non-hydrogen) atoms. The number of nitrogens with zero attached hydrogens (tertiary/aromatic N) is 2. The summed E-state index contributed by atoms with van der Waals surface area (Å²) in [6, 6.07) is 0. The van der Waals surface area contributed by atoms with Gasteiger partial charge in [0.05, 0.1) is 6.20 Å². The third-order valence-corrected chi connectivity index (χ3v) is 1.43. The summed E-state index contributed by atoms with van der Waals surface area (Å²) in [5.41, 5.74) is -1.53. The number of hydrogen-bond acceptors (Lipinski definition) is 2. The zero-order valence-electron chi connectivity index (χ0n) is 6.32. The Morgan fingerprint density at radius 2 is 1.79 bits per heavy atom. The number of rotatable bonds is 3. The van der Waals surface area contributed by atoms with Crippen LogP contribution in [0.1, 0.15) is 5.69 Å². The Hall–Kier alpha value is -1.28. The molecule has 0 aromatic carbocycles. The van der Waals surface area contributed by atoms with E-state index in [1.165, 1.54) is 0 Å². The fourth-order valence-electron chi connectivity index (χ4n) is 0.661. The van der Waals surface area contributed by atoms with Gasteiger partial charge >= 0.3 is 18.3 Å². The highest BCUT2D eigenvalue weighted by Crippen LogP contribution is 2.45. The Labute approximate surface area is 73.1 Å². The second-order valence-electron chi connectivity index (χ2n) is 2.35. The summed E-state index contributed by atoms with van der Waals surface area (Å²) >= 11 is 0. The highest BCUT2D eigenvalue weighted by atomic mass is 19.3. The molecule has 0 saturated heterocycles. The van der Waals surface area contributed by atoms with Crippen molar-refractivity contribution in [2.24, 2.45) is 0 Å². The Balaban J connectivity index is 3.07. The number of aromatic amines is 1.